The van der Waals surface area contributed by atoms with E-state index in [1.807, 2.05) is 17.9 Å². The maximum absolute atomic E-state index is 11.8. The topological polar surface area (TPSA) is 60.0 Å². The van der Waals surface area contributed by atoms with Gasteiger partial charge in [0.25, 0.3) is 0 Å². The van der Waals surface area contributed by atoms with Crippen LogP contribution in [0.25, 0.3) is 0 Å². The summed E-state index contributed by atoms with van der Waals surface area (Å²) in [5.41, 5.74) is 1.25. The second kappa shape index (κ2) is 10.7. The highest BCUT2D eigenvalue weighted by atomic mass is 16.2. The van der Waals surface area contributed by atoms with Gasteiger partial charge in [0.1, 0.15) is 0 Å². The minimum Gasteiger partial charge on any atom is -0.375 e. The number of hydrogen-bond donors (Lipinski definition) is 2. The van der Waals surface area contributed by atoms with E-state index < -0.39 is 0 Å². The minimum atomic E-state index is 0.236. The van der Waals surface area contributed by atoms with E-state index in [9.17, 15) is 4.79 Å². The van der Waals surface area contributed by atoms with Gasteiger partial charge in [-0.3, -0.25) is 9.79 Å². The van der Waals surface area contributed by atoms with E-state index in [1.54, 1.807) is 7.05 Å². The Morgan fingerprint density at radius 1 is 1.31 bits per heavy atom. The Bertz CT molecular complexity index is 575. The molecule has 1 aliphatic heterocycles. The van der Waals surface area contributed by atoms with Crippen LogP contribution in [-0.4, -0.2) is 63.1 Å². The number of para-hydroxylation sites is 1. The fourth-order valence-corrected chi connectivity index (χ4v) is 3.21. The Morgan fingerprint density at radius 3 is 2.77 bits per heavy atom. The highest BCUT2D eigenvalue weighted by Crippen LogP contribution is 2.12. The second-order valence-electron chi connectivity index (χ2n) is 6.79. The molecule has 0 aromatic heterocycles. The average molecular weight is 360 g/mol. The zero-order chi connectivity index (χ0) is 18.8. The summed E-state index contributed by atoms with van der Waals surface area (Å²) in [4.78, 5) is 20.3. The van der Waals surface area contributed by atoms with Crippen LogP contribution in [0.15, 0.2) is 35.3 Å². The van der Waals surface area contributed by atoms with Gasteiger partial charge in [0.05, 0.1) is 0 Å². The van der Waals surface area contributed by atoms with Crippen molar-refractivity contribution in [1.82, 2.24) is 15.5 Å². The Labute approximate surface area is 157 Å². The number of benzene rings is 1. The van der Waals surface area contributed by atoms with Gasteiger partial charge in [0, 0.05) is 58.4 Å². The maximum atomic E-state index is 11.8. The Kier molecular flexibility index (Phi) is 8.25. The predicted molar refractivity (Wildman–Crippen MR) is 109 cm³/mol. The molecule has 1 aromatic rings. The first-order valence-electron chi connectivity index (χ1n) is 9.65. The van der Waals surface area contributed by atoms with Crippen molar-refractivity contribution in [1.29, 1.82) is 0 Å². The van der Waals surface area contributed by atoms with Gasteiger partial charge >= 0.3 is 0 Å². The number of carbonyl (C=O) groups is 1. The Hall–Kier alpha value is -2.24. The number of aliphatic imine (C=N–C) groups is 1. The van der Waals surface area contributed by atoms with Gasteiger partial charge in [-0.2, -0.15) is 0 Å². The molecule has 1 aromatic carbocycles. The first kappa shape index (κ1) is 20.1. The zero-order valence-electron chi connectivity index (χ0n) is 16.4. The molecule has 6 nitrogen and oxygen atoms in total. The summed E-state index contributed by atoms with van der Waals surface area (Å²) in [5.74, 6) is 1.07. The van der Waals surface area contributed by atoms with E-state index in [-0.39, 0.29) is 5.91 Å². The van der Waals surface area contributed by atoms with E-state index in [1.165, 1.54) is 5.69 Å². The van der Waals surface area contributed by atoms with Crippen LogP contribution in [-0.2, 0) is 4.79 Å². The molecular weight excluding hydrogens is 326 g/mol. The van der Waals surface area contributed by atoms with Crippen molar-refractivity contribution in [2.75, 3.05) is 45.2 Å². The van der Waals surface area contributed by atoms with Crippen molar-refractivity contribution in [3.63, 3.8) is 0 Å². The monoisotopic (exact) mass is 359 g/mol. The van der Waals surface area contributed by atoms with Crippen molar-refractivity contribution in [2.45, 2.75) is 38.6 Å². The largest absolute Gasteiger partial charge is 0.375 e. The molecule has 0 bridgehead atoms. The molecule has 1 amide bonds. The number of likely N-dealkylation sites (tertiary alicyclic amines) is 1. The molecule has 1 fully saturated rings. The van der Waals surface area contributed by atoms with Crippen LogP contribution in [0.3, 0.4) is 0 Å². The van der Waals surface area contributed by atoms with Crippen LogP contribution in [0.2, 0.25) is 0 Å². The van der Waals surface area contributed by atoms with Crippen LogP contribution in [0.1, 0.15) is 32.6 Å². The summed E-state index contributed by atoms with van der Waals surface area (Å²) in [6.45, 7) is 5.46. The number of carbonyl (C=O) groups excluding carboxylic acids is 1. The van der Waals surface area contributed by atoms with Gasteiger partial charge in [-0.05, 0) is 31.4 Å². The molecule has 144 valence electrons. The number of nitrogens with zero attached hydrogens (tertiary/aromatic N) is 3. The van der Waals surface area contributed by atoms with Crippen molar-refractivity contribution in [3.05, 3.63) is 30.3 Å². The van der Waals surface area contributed by atoms with E-state index >= 15 is 0 Å². The lowest BCUT2D eigenvalue weighted by Gasteiger charge is -2.20. The third-order valence-electron chi connectivity index (χ3n) is 4.82. The van der Waals surface area contributed by atoms with Gasteiger partial charge in [-0.25, -0.2) is 0 Å². The van der Waals surface area contributed by atoms with Gasteiger partial charge in [0.15, 0.2) is 5.96 Å². The SMILES string of the molecule is CCC(=O)N1CCC(NC(=NC)NCCCCN(C)c2ccccc2)C1. The first-order valence-corrected chi connectivity index (χ1v) is 9.65. The summed E-state index contributed by atoms with van der Waals surface area (Å²) < 4.78 is 0. The molecule has 1 saturated heterocycles. The fraction of sp³-hybridized carbons (Fsp3) is 0.600. The first-order chi connectivity index (χ1) is 12.6. The molecule has 2 rings (SSSR count). The summed E-state index contributed by atoms with van der Waals surface area (Å²) in [6.07, 6.45) is 3.77. The van der Waals surface area contributed by atoms with E-state index in [4.69, 9.17) is 0 Å². The number of rotatable bonds is 8. The fourth-order valence-electron chi connectivity index (χ4n) is 3.21. The number of unbranched alkanes of at least 4 members (excludes halogenated alkanes) is 1. The second-order valence-corrected chi connectivity index (χ2v) is 6.79. The number of anilines is 1. The third-order valence-corrected chi connectivity index (χ3v) is 4.82. The lowest BCUT2D eigenvalue weighted by atomic mass is 10.2. The predicted octanol–water partition coefficient (Wildman–Crippen LogP) is 2.08. The molecule has 1 atom stereocenters. The van der Waals surface area contributed by atoms with Gasteiger partial charge in [-0.1, -0.05) is 25.1 Å². The number of nitrogens with one attached hydrogen (secondary N) is 2. The van der Waals surface area contributed by atoms with E-state index in [0.717, 1.165) is 51.4 Å². The molecule has 2 N–H and O–H groups in total. The smallest absolute Gasteiger partial charge is 0.222 e. The van der Waals surface area contributed by atoms with Crippen LogP contribution in [0.4, 0.5) is 5.69 Å². The number of amides is 1. The quantitative estimate of drug-likeness (QED) is 0.424. The molecule has 1 heterocycles. The van der Waals surface area contributed by atoms with Crippen LogP contribution in [0, 0.1) is 0 Å². The maximum Gasteiger partial charge on any atom is 0.222 e. The lowest BCUT2D eigenvalue weighted by Crippen LogP contribution is -2.45. The standard InChI is InChI=1S/C20H33N5O/c1-4-19(26)25-15-12-17(16-25)23-20(21-2)22-13-8-9-14-24(3)18-10-6-5-7-11-18/h5-7,10-11,17H,4,8-9,12-16H2,1-3H3,(H2,21,22,23). The molecule has 1 unspecified atom stereocenters. The van der Waals surface area contributed by atoms with Crippen molar-refractivity contribution in [3.8, 4) is 0 Å². The van der Waals surface area contributed by atoms with Gasteiger partial charge in [0.2, 0.25) is 5.91 Å². The van der Waals surface area contributed by atoms with Crippen molar-refractivity contribution >= 4 is 17.6 Å². The molecule has 26 heavy (non-hydrogen) atoms. The van der Waals surface area contributed by atoms with Gasteiger partial charge in [-0.15, -0.1) is 0 Å². The van der Waals surface area contributed by atoms with E-state index in [2.05, 4.69) is 51.8 Å². The molecule has 6 heteroatoms. The summed E-state index contributed by atoms with van der Waals surface area (Å²) in [5, 5.41) is 6.82. The summed E-state index contributed by atoms with van der Waals surface area (Å²) >= 11 is 0. The van der Waals surface area contributed by atoms with Crippen LogP contribution >= 0.6 is 0 Å². The van der Waals surface area contributed by atoms with Gasteiger partial charge < -0.3 is 20.4 Å². The average Bonchev–Trinajstić information content (AvgIpc) is 3.15. The normalized spacial score (nSPS) is 17.3. The Balaban J connectivity index is 1.61. The Morgan fingerprint density at radius 2 is 2.08 bits per heavy atom. The molecule has 0 spiro atoms. The molecule has 0 radical (unpaired) electrons. The van der Waals surface area contributed by atoms with Crippen LogP contribution in [0.5, 0.6) is 0 Å². The summed E-state index contributed by atoms with van der Waals surface area (Å²) in [6, 6.07) is 10.8. The number of guanidine groups is 1. The van der Waals surface area contributed by atoms with Crippen molar-refractivity contribution < 1.29 is 4.79 Å². The zero-order valence-corrected chi connectivity index (χ0v) is 16.4. The number of hydrogen-bond acceptors (Lipinski definition) is 3. The summed E-state index contributed by atoms with van der Waals surface area (Å²) in [7, 11) is 3.93. The lowest BCUT2D eigenvalue weighted by molar-refractivity contribution is -0.129. The molecule has 0 aliphatic carbocycles. The third kappa shape index (κ3) is 6.24. The van der Waals surface area contributed by atoms with E-state index in [0.29, 0.717) is 12.5 Å². The highest BCUT2D eigenvalue weighted by Gasteiger charge is 2.25. The molecule has 0 saturated carbocycles. The van der Waals surface area contributed by atoms with Crippen molar-refractivity contribution in [2.24, 2.45) is 4.99 Å². The molecular formula is C20H33N5O. The molecule has 1 aliphatic rings. The minimum absolute atomic E-state index is 0.236. The highest BCUT2D eigenvalue weighted by molar-refractivity contribution is 5.80. The van der Waals surface area contributed by atoms with Crippen LogP contribution < -0.4 is 15.5 Å².